The number of rotatable bonds is 7. The van der Waals surface area contributed by atoms with E-state index in [0.29, 0.717) is 12.3 Å². The highest BCUT2D eigenvalue weighted by molar-refractivity contribution is 5.78. The third-order valence-electron chi connectivity index (χ3n) is 7.44. The monoisotopic (exact) mass is 488 g/mol. The Hall–Kier alpha value is -3.58. The van der Waals surface area contributed by atoms with E-state index in [2.05, 4.69) is 40.3 Å². The fraction of sp³-hybridized carbons (Fsp3) is 0.379. The van der Waals surface area contributed by atoms with Gasteiger partial charge in [-0.15, -0.1) is 0 Å². The number of nitrogen functional groups attached to an aromatic ring is 1. The fourth-order valence-electron chi connectivity index (χ4n) is 5.08. The second-order valence-corrected chi connectivity index (χ2v) is 10.2. The maximum atomic E-state index is 12.5. The Morgan fingerprint density at radius 2 is 2.03 bits per heavy atom. The SMILES string of the molecule is CNc1ccc(C(c2ccc(C)c(CN3CCOc4cnccc4C3)c2)C(C)(C)C(=O)O)c(C)c1N. The normalized spacial score (nSPS) is 14.9. The topological polar surface area (TPSA) is 101 Å². The maximum absolute atomic E-state index is 12.5. The number of hydrogen-bond donors (Lipinski definition) is 3. The summed E-state index contributed by atoms with van der Waals surface area (Å²) in [6.45, 7) is 10.6. The molecule has 7 heteroatoms. The van der Waals surface area contributed by atoms with E-state index in [4.69, 9.17) is 10.5 Å². The number of ether oxygens (including phenoxy) is 1. The Labute approximate surface area is 213 Å². The van der Waals surface area contributed by atoms with Crippen LogP contribution in [0.2, 0.25) is 0 Å². The second-order valence-electron chi connectivity index (χ2n) is 10.2. The smallest absolute Gasteiger partial charge is 0.310 e. The number of carboxylic acids is 1. The van der Waals surface area contributed by atoms with Crippen LogP contribution in [0.15, 0.2) is 48.8 Å². The van der Waals surface area contributed by atoms with Crippen LogP contribution in [0.5, 0.6) is 5.75 Å². The van der Waals surface area contributed by atoms with Crippen molar-refractivity contribution in [2.75, 3.05) is 31.2 Å². The zero-order valence-corrected chi connectivity index (χ0v) is 21.8. The zero-order valence-electron chi connectivity index (χ0n) is 21.8. The van der Waals surface area contributed by atoms with Crippen molar-refractivity contribution in [3.63, 3.8) is 0 Å². The molecule has 7 nitrogen and oxygen atoms in total. The molecule has 190 valence electrons. The van der Waals surface area contributed by atoms with E-state index < -0.39 is 11.4 Å². The average Bonchev–Trinajstić information content (AvgIpc) is 3.05. The van der Waals surface area contributed by atoms with Gasteiger partial charge in [0.1, 0.15) is 12.4 Å². The molecule has 0 aliphatic carbocycles. The van der Waals surface area contributed by atoms with E-state index in [9.17, 15) is 9.90 Å². The van der Waals surface area contributed by atoms with Crippen molar-refractivity contribution in [1.82, 2.24) is 9.88 Å². The lowest BCUT2D eigenvalue weighted by Gasteiger charge is -2.34. The number of aryl methyl sites for hydroxylation is 1. The van der Waals surface area contributed by atoms with E-state index in [-0.39, 0.29) is 5.92 Å². The lowest BCUT2D eigenvalue weighted by molar-refractivity contribution is -0.147. The van der Waals surface area contributed by atoms with E-state index in [1.807, 2.05) is 32.2 Å². The summed E-state index contributed by atoms with van der Waals surface area (Å²) in [5.74, 6) is -0.381. The van der Waals surface area contributed by atoms with Crippen LogP contribution in [0.3, 0.4) is 0 Å². The first-order valence-corrected chi connectivity index (χ1v) is 12.3. The molecule has 1 aromatic heterocycles. The van der Waals surface area contributed by atoms with Crippen LogP contribution in [0, 0.1) is 19.3 Å². The molecule has 1 aliphatic heterocycles. The van der Waals surface area contributed by atoms with Gasteiger partial charge < -0.3 is 20.9 Å². The molecule has 3 aromatic rings. The molecule has 2 aromatic carbocycles. The molecule has 2 heterocycles. The molecule has 4 N–H and O–H groups in total. The van der Waals surface area contributed by atoms with Gasteiger partial charge in [-0.3, -0.25) is 14.7 Å². The minimum Gasteiger partial charge on any atom is -0.490 e. The lowest BCUT2D eigenvalue weighted by atomic mass is 9.69. The first-order chi connectivity index (χ1) is 17.1. The van der Waals surface area contributed by atoms with Crippen molar-refractivity contribution in [1.29, 1.82) is 0 Å². The predicted molar refractivity (Wildman–Crippen MR) is 143 cm³/mol. The Kier molecular flexibility index (Phi) is 7.22. The summed E-state index contributed by atoms with van der Waals surface area (Å²) >= 11 is 0. The second kappa shape index (κ2) is 10.2. The Morgan fingerprint density at radius 3 is 2.75 bits per heavy atom. The van der Waals surface area contributed by atoms with Crippen LogP contribution in [0.25, 0.3) is 0 Å². The Bertz CT molecular complexity index is 1270. The molecule has 0 amide bonds. The van der Waals surface area contributed by atoms with Crippen LogP contribution in [-0.2, 0) is 17.9 Å². The summed E-state index contributed by atoms with van der Waals surface area (Å²) in [7, 11) is 1.83. The van der Waals surface area contributed by atoms with Crippen molar-refractivity contribution in [3.8, 4) is 5.75 Å². The van der Waals surface area contributed by atoms with Crippen LogP contribution < -0.4 is 15.8 Å². The number of benzene rings is 2. The van der Waals surface area contributed by atoms with Gasteiger partial charge in [0.2, 0.25) is 0 Å². The molecule has 1 aliphatic rings. The number of carbonyl (C=O) groups is 1. The number of carboxylic acid groups (broad SMARTS) is 1. The van der Waals surface area contributed by atoms with E-state index in [0.717, 1.165) is 53.3 Å². The summed E-state index contributed by atoms with van der Waals surface area (Å²) in [5, 5.41) is 13.4. The highest BCUT2D eigenvalue weighted by Crippen LogP contribution is 2.45. The molecular weight excluding hydrogens is 452 g/mol. The molecule has 0 bridgehead atoms. The van der Waals surface area contributed by atoms with Gasteiger partial charge in [-0.05, 0) is 67.6 Å². The van der Waals surface area contributed by atoms with Gasteiger partial charge in [0.15, 0.2) is 0 Å². The quantitative estimate of drug-likeness (QED) is 0.404. The minimum atomic E-state index is -1.05. The fourth-order valence-corrected chi connectivity index (χ4v) is 5.08. The van der Waals surface area contributed by atoms with Crippen molar-refractivity contribution < 1.29 is 14.6 Å². The molecule has 1 unspecified atom stereocenters. The summed E-state index contributed by atoms with van der Waals surface area (Å²) in [6.07, 6.45) is 3.57. The molecule has 36 heavy (non-hydrogen) atoms. The van der Waals surface area contributed by atoms with Crippen LogP contribution in [-0.4, -0.2) is 41.2 Å². The summed E-state index contributed by atoms with van der Waals surface area (Å²) < 4.78 is 5.89. The van der Waals surface area contributed by atoms with Crippen molar-refractivity contribution in [2.45, 2.75) is 46.7 Å². The lowest BCUT2D eigenvalue weighted by Crippen LogP contribution is -2.33. The van der Waals surface area contributed by atoms with E-state index in [1.165, 1.54) is 11.1 Å². The number of nitrogens with one attached hydrogen (secondary N) is 1. The first kappa shape index (κ1) is 25.5. The number of aromatic nitrogens is 1. The third kappa shape index (κ3) is 4.88. The van der Waals surface area contributed by atoms with Gasteiger partial charge in [-0.1, -0.05) is 24.3 Å². The minimum absolute atomic E-state index is 0.373. The largest absolute Gasteiger partial charge is 0.490 e. The molecule has 0 saturated carbocycles. The zero-order chi connectivity index (χ0) is 26.0. The van der Waals surface area contributed by atoms with Gasteiger partial charge >= 0.3 is 5.97 Å². The van der Waals surface area contributed by atoms with Crippen molar-refractivity contribution in [2.24, 2.45) is 5.41 Å². The summed E-state index contributed by atoms with van der Waals surface area (Å²) in [5.41, 5.74) is 13.1. The van der Waals surface area contributed by atoms with Crippen LogP contribution >= 0.6 is 0 Å². The van der Waals surface area contributed by atoms with Gasteiger partial charge in [-0.25, -0.2) is 0 Å². The van der Waals surface area contributed by atoms with Crippen LogP contribution in [0.4, 0.5) is 11.4 Å². The third-order valence-corrected chi connectivity index (χ3v) is 7.44. The Morgan fingerprint density at radius 1 is 1.25 bits per heavy atom. The van der Waals surface area contributed by atoms with Gasteiger partial charge in [0.25, 0.3) is 0 Å². The van der Waals surface area contributed by atoms with Crippen molar-refractivity contribution >= 4 is 17.3 Å². The maximum Gasteiger partial charge on any atom is 0.310 e. The highest BCUT2D eigenvalue weighted by atomic mass is 16.5. The summed E-state index contributed by atoms with van der Waals surface area (Å²) in [4.78, 5) is 19.0. The first-order valence-electron chi connectivity index (χ1n) is 12.3. The number of nitrogens with two attached hydrogens (primary N) is 1. The van der Waals surface area contributed by atoms with E-state index in [1.54, 1.807) is 26.2 Å². The van der Waals surface area contributed by atoms with Crippen LogP contribution in [0.1, 0.15) is 53.1 Å². The molecule has 0 spiro atoms. The van der Waals surface area contributed by atoms with Crippen molar-refractivity contribution in [3.05, 3.63) is 82.2 Å². The number of nitrogens with zero attached hydrogens (tertiary/aromatic N) is 2. The Balaban J connectivity index is 1.74. The number of aliphatic carboxylic acids is 1. The number of pyridine rings is 1. The number of fused-ring (bicyclic) bond motifs is 1. The highest BCUT2D eigenvalue weighted by Gasteiger charge is 2.40. The van der Waals surface area contributed by atoms with E-state index >= 15 is 0 Å². The van der Waals surface area contributed by atoms with Gasteiger partial charge in [0.05, 0.1) is 23.0 Å². The standard InChI is InChI=1S/C29H36N4O3/c1-18-6-7-20(14-22(18)17-33-12-13-36-25-15-32-11-10-21(25)16-33)26(29(3,4)28(34)35)23-8-9-24(31-5)27(30)19(23)2/h6-11,14-15,26,31H,12-13,16-17,30H2,1-5H3,(H,34,35). The molecular formula is C29H36N4O3. The molecule has 0 radical (unpaired) electrons. The van der Waals surface area contributed by atoms with Gasteiger partial charge in [-0.2, -0.15) is 0 Å². The molecule has 4 rings (SSSR count). The summed E-state index contributed by atoms with van der Waals surface area (Å²) in [6, 6.07) is 12.3. The average molecular weight is 489 g/mol. The number of anilines is 2. The number of hydrogen-bond acceptors (Lipinski definition) is 6. The molecule has 1 atom stereocenters. The van der Waals surface area contributed by atoms with Gasteiger partial charge in [0, 0.05) is 44.4 Å². The molecule has 0 fully saturated rings. The molecule has 0 saturated heterocycles. The predicted octanol–water partition coefficient (Wildman–Crippen LogP) is 4.96.